The van der Waals surface area contributed by atoms with E-state index in [1.54, 1.807) is 22.5 Å². The lowest BCUT2D eigenvalue weighted by atomic mass is 10.2. The van der Waals surface area contributed by atoms with Crippen LogP contribution in [0, 0.1) is 0 Å². The molecule has 1 N–H and O–H groups in total. The number of piperazine rings is 1. The molecule has 2 aliphatic rings. The third kappa shape index (κ3) is 4.14. The van der Waals surface area contributed by atoms with Gasteiger partial charge in [0.2, 0.25) is 10.0 Å². The van der Waals surface area contributed by atoms with E-state index in [0.717, 1.165) is 32.6 Å². The van der Waals surface area contributed by atoms with Gasteiger partial charge in [-0.05, 0) is 32.4 Å². The molecule has 3 rings (SSSR count). The number of hydrogen-bond acceptors (Lipinski definition) is 6. The minimum Gasteiger partial charge on any atom is -0.490 e. The molecule has 0 bridgehead atoms. The molecule has 8 heteroatoms. The van der Waals surface area contributed by atoms with E-state index < -0.39 is 10.0 Å². The molecule has 1 aromatic carbocycles. The van der Waals surface area contributed by atoms with Gasteiger partial charge >= 0.3 is 0 Å². The Labute approximate surface area is 156 Å². The molecule has 1 atom stereocenters. The van der Waals surface area contributed by atoms with Crippen LogP contribution in [0.5, 0.6) is 11.5 Å². The van der Waals surface area contributed by atoms with Crippen LogP contribution >= 0.6 is 0 Å². The van der Waals surface area contributed by atoms with Gasteiger partial charge in [-0.25, -0.2) is 8.42 Å². The third-order valence-corrected chi connectivity index (χ3v) is 6.81. The highest BCUT2D eigenvalue weighted by atomic mass is 32.2. The predicted octanol–water partition coefficient (Wildman–Crippen LogP) is 1.15. The molecule has 26 heavy (non-hydrogen) atoms. The minimum absolute atomic E-state index is 0.269. The van der Waals surface area contributed by atoms with Crippen molar-refractivity contribution in [2.75, 3.05) is 52.5 Å². The van der Waals surface area contributed by atoms with Crippen LogP contribution in [0.15, 0.2) is 23.1 Å². The predicted molar refractivity (Wildman–Crippen MR) is 100 cm³/mol. The van der Waals surface area contributed by atoms with Crippen molar-refractivity contribution in [2.45, 2.75) is 31.2 Å². The lowest BCUT2D eigenvalue weighted by Gasteiger charge is -2.32. The Hall–Kier alpha value is -1.35. The molecule has 0 spiro atoms. The molecule has 2 aliphatic heterocycles. The maximum absolute atomic E-state index is 13.1. The Morgan fingerprint density at radius 2 is 1.77 bits per heavy atom. The fourth-order valence-corrected chi connectivity index (χ4v) is 5.12. The summed E-state index contributed by atoms with van der Waals surface area (Å²) in [4.78, 5) is 2.67. The topological polar surface area (TPSA) is 71.1 Å². The van der Waals surface area contributed by atoms with Gasteiger partial charge in [-0.15, -0.1) is 0 Å². The third-order valence-electron chi connectivity index (χ3n) is 4.95. The van der Waals surface area contributed by atoms with Crippen LogP contribution in [0.2, 0.25) is 0 Å². The standard InChI is InChI=1S/C18H29N3O4S/c1-3-24-17-6-5-16(13-18(17)25-4-2)26(22,23)21-10-7-15(14-21)20-11-8-19-9-12-20/h5-6,13,15,19H,3-4,7-12,14H2,1-2H3. The quantitative estimate of drug-likeness (QED) is 0.762. The van der Waals surface area contributed by atoms with E-state index in [2.05, 4.69) is 10.2 Å². The van der Waals surface area contributed by atoms with Crippen LogP contribution in [0.1, 0.15) is 20.3 Å². The second kappa shape index (κ2) is 8.56. The molecule has 2 heterocycles. The Bertz CT molecular complexity index is 704. The summed E-state index contributed by atoms with van der Waals surface area (Å²) < 4.78 is 38.9. The summed E-state index contributed by atoms with van der Waals surface area (Å²) in [5.41, 5.74) is 0. The monoisotopic (exact) mass is 383 g/mol. The van der Waals surface area contributed by atoms with Crippen molar-refractivity contribution >= 4 is 10.0 Å². The normalized spacial score (nSPS) is 22.5. The maximum Gasteiger partial charge on any atom is 0.243 e. The zero-order chi connectivity index (χ0) is 18.6. The van der Waals surface area contributed by atoms with Gasteiger partial charge in [-0.3, -0.25) is 4.90 Å². The largest absolute Gasteiger partial charge is 0.490 e. The number of ether oxygens (including phenoxy) is 2. The zero-order valence-corrected chi connectivity index (χ0v) is 16.4. The van der Waals surface area contributed by atoms with E-state index in [0.29, 0.717) is 43.8 Å². The first-order valence-electron chi connectivity index (χ1n) is 9.40. The van der Waals surface area contributed by atoms with Crippen molar-refractivity contribution in [1.29, 1.82) is 0 Å². The van der Waals surface area contributed by atoms with E-state index >= 15 is 0 Å². The molecular weight excluding hydrogens is 354 g/mol. The average Bonchev–Trinajstić information content (AvgIpc) is 3.15. The Morgan fingerprint density at radius 1 is 1.08 bits per heavy atom. The zero-order valence-electron chi connectivity index (χ0n) is 15.6. The molecular formula is C18H29N3O4S. The van der Waals surface area contributed by atoms with Gasteiger partial charge in [-0.2, -0.15) is 4.31 Å². The first-order valence-corrected chi connectivity index (χ1v) is 10.8. The first-order chi connectivity index (χ1) is 12.6. The van der Waals surface area contributed by atoms with Crippen LogP contribution in [0.25, 0.3) is 0 Å². The van der Waals surface area contributed by atoms with Crippen molar-refractivity contribution in [3.05, 3.63) is 18.2 Å². The Kier molecular flexibility index (Phi) is 6.39. The highest BCUT2D eigenvalue weighted by Gasteiger charge is 2.35. The van der Waals surface area contributed by atoms with Crippen molar-refractivity contribution in [1.82, 2.24) is 14.5 Å². The maximum atomic E-state index is 13.1. The van der Waals surface area contributed by atoms with E-state index in [1.165, 1.54) is 0 Å². The molecule has 0 aliphatic carbocycles. The molecule has 0 saturated carbocycles. The molecule has 1 unspecified atom stereocenters. The van der Waals surface area contributed by atoms with E-state index in [9.17, 15) is 8.42 Å². The van der Waals surface area contributed by atoms with E-state index in [-0.39, 0.29) is 4.90 Å². The summed E-state index contributed by atoms with van der Waals surface area (Å²) in [6, 6.07) is 5.19. The summed E-state index contributed by atoms with van der Waals surface area (Å²) in [5, 5.41) is 3.34. The van der Waals surface area contributed by atoms with Crippen molar-refractivity contribution in [3.8, 4) is 11.5 Å². The van der Waals surface area contributed by atoms with Crippen LogP contribution in [-0.2, 0) is 10.0 Å². The first kappa shape index (κ1) is 19.4. The van der Waals surface area contributed by atoms with E-state index in [4.69, 9.17) is 9.47 Å². The van der Waals surface area contributed by atoms with Crippen LogP contribution in [-0.4, -0.2) is 76.1 Å². The van der Waals surface area contributed by atoms with Crippen molar-refractivity contribution in [3.63, 3.8) is 0 Å². The smallest absolute Gasteiger partial charge is 0.243 e. The van der Waals surface area contributed by atoms with Gasteiger partial charge in [0.25, 0.3) is 0 Å². The fraction of sp³-hybridized carbons (Fsp3) is 0.667. The van der Waals surface area contributed by atoms with Crippen LogP contribution < -0.4 is 14.8 Å². The van der Waals surface area contributed by atoms with Crippen LogP contribution in [0.4, 0.5) is 0 Å². The van der Waals surface area contributed by atoms with Gasteiger partial charge in [0.15, 0.2) is 11.5 Å². The number of benzene rings is 1. The Balaban J connectivity index is 1.76. The van der Waals surface area contributed by atoms with Crippen molar-refractivity contribution < 1.29 is 17.9 Å². The molecule has 0 amide bonds. The lowest BCUT2D eigenvalue weighted by Crippen LogP contribution is -2.49. The van der Waals surface area contributed by atoms with Gasteiger partial charge < -0.3 is 14.8 Å². The molecule has 7 nitrogen and oxygen atoms in total. The number of sulfonamides is 1. The Morgan fingerprint density at radius 3 is 2.46 bits per heavy atom. The van der Waals surface area contributed by atoms with E-state index in [1.807, 2.05) is 13.8 Å². The van der Waals surface area contributed by atoms with Gasteiger partial charge in [0.05, 0.1) is 18.1 Å². The fourth-order valence-electron chi connectivity index (χ4n) is 3.62. The molecule has 2 saturated heterocycles. The van der Waals surface area contributed by atoms with Gasteiger partial charge in [0, 0.05) is 51.4 Å². The summed E-state index contributed by atoms with van der Waals surface area (Å²) in [7, 11) is -3.53. The second-order valence-corrected chi connectivity index (χ2v) is 8.50. The second-order valence-electron chi connectivity index (χ2n) is 6.57. The van der Waals surface area contributed by atoms with Crippen molar-refractivity contribution in [2.24, 2.45) is 0 Å². The highest BCUT2D eigenvalue weighted by molar-refractivity contribution is 7.89. The molecule has 2 fully saturated rings. The summed E-state index contributed by atoms with van der Waals surface area (Å²) in [5.74, 6) is 1.06. The molecule has 146 valence electrons. The summed E-state index contributed by atoms with van der Waals surface area (Å²) in [6.45, 7) is 9.75. The number of nitrogens with one attached hydrogen (secondary N) is 1. The minimum atomic E-state index is -3.53. The SMILES string of the molecule is CCOc1ccc(S(=O)(=O)N2CCC(N3CCNCC3)C2)cc1OCC. The molecule has 0 radical (unpaired) electrons. The summed E-state index contributed by atoms with van der Waals surface area (Å²) in [6.07, 6.45) is 0.884. The van der Waals surface area contributed by atoms with Gasteiger partial charge in [-0.1, -0.05) is 0 Å². The average molecular weight is 384 g/mol. The lowest BCUT2D eigenvalue weighted by molar-refractivity contribution is 0.179. The molecule has 1 aromatic rings. The number of rotatable bonds is 7. The number of nitrogens with zero attached hydrogens (tertiary/aromatic N) is 2. The van der Waals surface area contributed by atoms with Crippen LogP contribution in [0.3, 0.4) is 0 Å². The highest BCUT2D eigenvalue weighted by Crippen LogP contribution is 2.32. The van der Waals surface area contributed by atoms with Gasteiger partial charge in [0.1, 0.15) is 0 Å². The number of hydrogen-bond donors (Lipinski definition) is 1. The summed E-state index contributed by atoms with van der Waals surface area (Å²) >= 11 is 0. The molecule has 0 aromatic heterocycles.